The molecular formula is C43H51N7O7. The zero-order valence-electron chi connectivity index (χ0n) is 33.6. The fourth-order valence-corrected chi connectivity index (χ4v) is 8.54. The molecule has 57 heavy (non-hydrogen) atoms. The maximum Gasteiger partial charge on any atom is 0.410 e. The van der Waals surface area contributed by atoms with Crippen LogP contribution in [0.5, 0.6) is 5.75 Å². The quantitative estimate of drug-likeness (QED) is 0.144. The molecule has 300 valence electrons. The van der Waals surface area contributed by atoms with Crippen molar-refractivity contribution in [2.45, 2.75) is 84.2 Å². The summed E-state index contributed by atoms with van der Waals surface area (Å²) in [6, 6.07) is 13.5. The molecule has 0 saturated carbocycles. The number of imidazole rings is 2. The highest BCUT2D eigenvalue weighted by atomic mass is 16.6. The van der Waals surface area contributed by atoms with Crippen molar-refractivity contribution >= 4 is 39.9 Å². The van der Waals surface area contributed by atoms with Crippen molar-refractivity contribution < 1.29 is 33.3 Å². The first kappa shape index (κ1) is 38.3. The molecule has 2 aromatic heterocycles. The Morgan fingerprint density at radius 2 is 1.82 bits per heavy atom. The predicted octanol–water partition coefficient (Wildman–Crippen LogP) is 7.65. The summed E-state index contributed by atoms with van der Waals surface area (Å²) < 4.78 is 22.4. The van der Waals surface area contributed by atoms with Crippen LogP contribution in [0.3, 0.4) is 0 Å². The lowest BCUT2D eigenvalue weighted by atomic mass is 9.92. The van der Waals surface area contributed by atoms with E-state index in [2.05, 4.69) is 51.7 Å². The number of likely N-dealkylation sites (tertiary alicyclic amines) is 2. The monoisotopic (exact) mass is 777 g/mol. The second-order valence-corrected chi connectivity index (χ2v) is 16.7. The number of H-pyrrole nitrogens is 2. The van der Waals surface area contributed by atoms with E-state index >= 15 is 0 Å². The Labute approximate surface area is 331 Å². The predicted molar refractivity (Wildman–Crippen MR) is 214 cm³/mol. The summed E-state index contributed by atoms with van der Waals surface area (Å²) in [7, 11) is 2.97. The number of nitrogens with zero attached hydrogens (tertiary/aromatic N) is 4. The molecule has 5 aromatic rings. The van der Waals surface area contributed by atoms with Crippen LogP contribution in [0.25, 0.3) is 44.2 Å². The lowest BCUT2D eigenvalue weighted by Crippen LogP contribution is -2.51. The number of fused-ring (bicyclic) bond motifs is 6. The van der Waals surface area contributed by atoms with Gasteiger partial charge in [-0.1, -0.05) is 32.0 Å². The van der Waals surface area contributed by atoms with E-state index < -0.39 is 17.7 Å². The first-order chi connectivity index (χ1) is 27.3. The Balaban J connectivity index is 1.05. The topological polar surface area (TPSA) is 164 Å². The van der Waals surface area contributed by atoms with E-state index in [-0.39, 0.29) is 35.9 Å². The molecule has 8 rings (SSSR count). The van der Waals surface area contributed by atoms with Crippen LogP contribution in [0.1, 0.15) is 83.2 Å². The van der Waals surface area contributed by atoms with Gasteiger partial charge in [-0.15, -0.1) is 0 Å². The summed E-state index contributed by atoms with van der Waals surface area (Å²) in [6.45, 7) is 11.5. The third-order valence-electron chi connectivity index (χ3n) is 11.2. The van der Waals surface area contributed by atoms with E-state index in [1.54, 1.807) is 12.0 Å². The van der Waals surface area contributed by atoms with Gasteiger partial charge in [0.05, 0.1) is 48.7 Å². The van der Waals surface area contributed by atoms with Crippen LogP contribution >= 0.6 is 0 Å². The number of hydrogen-bond acceptors (Lipinski definition) is 9. The minimum Gasteiger partial charge on any atom is -0.488 e. The smallest absolute Gasteiger partial charge is 0.410 e. The number of amides is 3. The first-order valence-electron chi connectivity index (χ1n) is 19.7. The molecule has 4 atom stereocenters. The van der Waals surface area contributed by atoms with E-state index in [1.165, 1.54) is 7.11 Å². The largest absolute Gasteiger partial charge is 0.488 e. The normalized spacial score (nSPS) is 19.8. The Morgan fingerprint density at radius 1 is 1.00 bits per heavy atom. The molecule has 3 aliphatic rings. The maximum atomic E-state index is 13.7. The lowest BCUT2D eigenvalue weighted by molar-refractivity contribution is -0.135. The standard InChI is InChI=1S/C43H51N7O7/c1-23(2)36(48-41(52)55-7)40(51)49-14-8-9-33(49)39-45-31-13-11-25-17-30-28-12-10-26(16-27(28)22-56-35(30)18-29(25)37(31)47-39)32-19-44-38(46-32)34-15-24(21-54-6)20-50(34)42(53)57-43(3,4)5/h10-13,16-19,23-24,33-34,36H,8-9,14-15,20-22H2,1-7H3,(H,44,46)(H,45,47)(H,48,52)/t24-,33-,34-,36-/m0/s1. The van der Waals surface area contributed by atoms with E-state index in [0.717, 1.165) is 86.4 Å². The van der Waals surface area contributed by atoms with Gasteiger partial charge in [-0.3, -0.25) is 9.69 Å². The Kier molecular flexibility index (Phi) is 10.1. The number of aromatic amines is 2. The van der Waals surface area contributed by atoms with Gasteiger partial charge in [-0.2, -0.15) is 0 Å². The second kappa shape index (κ2) is 15.0. The fraction of sp³-hybridized carbons (Fsp3) is 0.465. The highest BCUT2D eigenvalue weighted by Gasteiger charge is 2.40. The third-order valence-corrected chi connectivity index (χ3v) is 11.2. The zero-order chi connectivity index (χ0) is 40.2. The van der Waals surface area contributed by atoms with Gasteiger partial charge < -0.3 is 39.1 Å². The second-order valence-electron chi connectivity index (χ2n) is 16.7. The van der Waals surface area contributed by atoms with Crippen molar-refractivity contribution in [3.8, 4) is 28.1 Å². The summed E-state index contributed by atoms with van der Waals surface area (Å²) in [5.41, 5.74) is 6.08. The average Bonchev–Trinajstić information content (AvgIpc) is 4.01. The third kappa shape index (κ3) is 7.38. The SMILES string of the molecule is COC[C@H]1C[C@@H](c2ncc(-c3ccc4c(c3)COc3cc5c(ccc6[nH]c([C@@H]7CCCN7C(=O)[C@@H](NC(=O)OC)C(C)C)nc65)cc3-4)[nH]2)N(C(=O)OC(C)(C)C)C1. The molecule has 0 unspecified atom stereocenters. The first-order valence-corrected chi connectivity index (χ1v) is 19.7. The minimum atomic E-state index is -0.703. The lowest BCUT2D eigenvalue weighted by Gasteiger charge is -2.29. The molecule has 2 fully saturated rings. The Hall–Kier alpha value is -5.63. The van der Waals surface area contributed by atoms with Gasteiger partial charge in [0.2, 0.25) is 5.91 Å². The molecule has 14 nitrogen and oxygen atoms in total. The van der Waals surface area contributed by atoms with Crippen LogP contribution in [0.4, 0.5) is 9.59 Å². The fourth-order valence-electron chi connectivity index (χ4n) is 8.54. The number of benzene rings is 3. The van der Waals surface area contributed by atoms with Crippen LogP contribution in [0.15, 0.2) is 48.7 Å². The zero-order valence-corrected chi connectivity index (χ0v) is 33.6. The molecule has 3 aliphatic heterocycles. The van der Waals surface area contributed by atoms with Crippen LogP contribution in [-0.4, -0.2) is 93.4 Å². The van der Waals surface area contributed by atoms with Crippen molar-refractivity contribution in [3.63, 3.8) is 0 Å². The molecule has 0 bridgehead atoms. The van der Waals surface area contributed by atoms with Crippen LogP contribution in [-0.2, 0) is 25.6 Å². The number of carbonyl (C=O) groups is 3. The summed E-state index contributed by atoms with van der Waals surface area (Å²) in [4.78, 5) is 59.4. The summed E-state index contributed by atoms with van der Waals surface area (Å²) in [5.74, 6) is 2.14. The van der Waals surface area contributed by atoms with Crippen molar-refractivity contribution in [1.29, 1.82) is 0 Å². The number of aromatic nitrogens is 4. The molecule has 3 amide bonds. The number of carbonyl (C=O) groups excluding carboxylic acids is 3. The van der Waals surface area contributed by atoms with Gasteiger partial charge in [0, 0.05) is 37.1 Å². The number of methoxy groups -OCH3 is 2. The summed E-state index contributed by atoms with van der Waals surface area (Å²) >= 11 is 0. The highest BCUT2D eigenvalue weighted by molar-refractivity contribution is 6.07. The molecule has 14 heteroatoms. The van der Waals surface area contributed by atoms with Gasteiger partial charge in [0.1, 0.15) is 35.6 Å². The summed E-state index contributed by atoms with van der Waals surface area (Å²) in [6.07, 6.45) is 3.17. The molecule has 3 N–H and O–H groups in total. The molecule has 2 saturated heterocycles. The van der Waals surface area contributed by atoms with Gasteiger partial charge in [-0.25, -0.2) is 19.6 Å². The molecular weight excluding hydrogens is 727 g/mol. The van der Waals surface area contributed by atoms with Crippen LogP contribution in [0.2, 0.25) is 0 Å². The van der Waals surface area contributed by atoms with E-state index in [4.69, 9.17) is 28.9 Å². The van der Waals surface area contributed by atoms with Crippen molar-refractivity contribution in [2.75, 3.05) is 33.9 Å². The molecule has 0 spiro atoms. The van der Waals surface area contributed by atoms with E-state index in [1.807, 2.05) is 51.8 Å². The van der Waals surface area contributed by atoms with Gasteiger partial charge in [-0.05, 0) is 92.3 Å². The number of nitrogens with one attached hydrogen (secondary N) is 3. The molecule has 0 aliphatic carbocycles. The number of alkyl carbamates (subject to hydrolysis) is 1. The molecule has 0 radical (unpaired) electrons. The van der Waals surface area contributed by atoms with Gasteiger partial charge >= 0.3 is 12.2 Å². The summed E-state index contributed by atoms with van der Waals surface area (Å²) in [5, 5.41) is 4.70. The Bertz CT molecular complexity index is 2340. The van der Waals surface area contributed by atoms with Crippen LogP contribution in [0, 0.1) is 11.8 Å². The van der Waals surface area contributed by atoms with Crippen LogP contribution < -0.4 is 10.1 Å². The van der Waals surface area contributed by atoms with E-state index in [9.17, 15) is 14.4 Å². The number of rotatable bonds is 8. The van der Waals surface area contributed by atoms with Crippen molar-refractivity contribution in [2.24, 2.45) is 11.8 Å². The molecule has 5 heterocycles. The molecule has 3 aromatic carbocycles. The number of hydrogen-bond donors (Lipinski definition) is 3. The van der Waals surface area contributed by atoms with E-state index in [0.29, 0.717) is 26.3 Å². The minimum absolute atomic E-state index is 0.117. The Morgan fingerprint density at radius 3 is 2.58 bits per heavy atom. The number of ether oxygens (including phenoxy) is 4. The van der Waals surface area contributed by atoms with Gasteiger partial charge in [0.15, 0.2) is 0 Å². The highest BCUT2D eigenvalue weighted by Crippen LogP contribution is 2.44. The van der Waals surface area contributed by atoms with Gasteiger partial charge in [0.25, 0.3) is 0 Å². The van der Waals surface area contributed by atoms with Crippen molar-refractivity contribution in [1.82, 2.24) is 35.1 Å². The average molecular weight is 778 g/mol. The maximum absolute atomic E-state index is 13.7. The van der Waals surface area contributed by atoms with Crippen molar-refractivity contribution in [3.05, 3.63) is 65.9 Å².